The molecule has 0 radical (unpaired) electrons. The predicted molar refractivity (Wildman–Crippen MR) is 520 cm³/mol. The molecule has 670 valence electrons. The van der Waals surface area contributed by atoms with Gasteiger partial charge in [-0.15, -0.1) is 0 Å². The third-order valence-corrected chi connectivity index (χ3v) is 25.5. The van der Waals surface area contributed by atoms with Gasteiger partial charge in [0, 0.05) is 138 Å². The van der Waals surface area contributed by atoms with E-state index in [9.17, 15) is 19.2 Å². The fraction of sp³-hybridized carbons (Fsp3) is 0.374. The lowest BCUT2D eigenvalue weighted by Crippen LogP contribution is -2.40. The van der Waals surface area contributed by atoms with Gasteiger partial charge in [0.1, 0.15) is 0 Å². The van der Waals surface area contributed by atoms with Crippen LogP contribution in [0.5, 0.6) is 0 Å². The number of rotatable bonds is 16. The van der Waals surface area contributed by atoms with Crippen LogP contribution in [0.3, 0.4) is 0 Å². The molecule has 4 saturated heterocycles. The molecule has 8 aromatic heterocycles. The number of benzene rings is 7. The summed E-state index contributed by atoms with van der Waals surface area (Å²) >= 11 is 12.4. The molecule has 12 heterocycles. The number of H-pyrrole nitrogens is 4. The summed E-state index contributed by atoms with van der Waals surface area (Å²) in [6.07, 6.45) is 7.94. The minimum absolute atomic E-state index is 0.0730. The third kappa shape index (κ3) is 22.0. The number of nitrogens with one attached hydrogen (secondary N) is 8. The lowest BCUT2D eigenvalue weighted by Gasteiger charge is -2.34. The highest BCUT2D eigenvalue weighted by Gasteiger charge is 2.29. The molecule has 0 saturated carbocycles. The molecule has 0 spiro atoms. The number of aryl methyl sites for hydroxylation is 3. The van der Waals surface area contributed by atoms with Crippen LogP contribution in [0.15, 0.2) is 207 Å². The zero-order valence-corrected chi connectivity index (χ0v) is 77.3. The van der Waals surface area contributed by atoms with Crippen LogP contribution in [-0.4, -0.2) is 172 Å². The van der Waals surface area contributed by atoms with Crippen LogP contribution in [0.4, 0.5) is 35.2 Å². The molecule has 4 fully saturated rings. The van der Waals surface area contributed by atoms with E-state index >= 15 is 0 Å². The van der Waals surface area contributed by atoms with Crippen LogP contribution in [0, 0.1) is 20.8 Å². The molecule has 15 aromatic rings. The van der Waals surface area contributed by atoms with E-state index in [0.29, 0.717) is 87.8 Å². The van der Waals surface area contributed by atoms with Crippen LogP contribution < -0.4 is 53.3 Å². The second kappa shape index (κ2) is 38.3. The van der Waals surface area contributed by atoms with Crippen LogP contribution in [-0.2, 0) is 22.8 Å². The number of anilines is 6. The van der Waals surface area contributed by atoms with E-state index in [0.717, 1.165) is 159 Å². The number of fused-ring (bicyclic) bond motifs is 4. The zero-order chi connectivity index (χ0) is 90.6. The van der Waals surface area contributed by atoms with Gasteiger partial charge in [-0.2, -0.15) is 19.9 Å². The van der Waals surface area contributed by atoms with Gasteiger partial charge in [0.25, 0.3) is 22.2 Å². The van der Waals surface area contributed by atoms with Crippen LogP contribution >= 0.6 is 23.2 Å². The maximum absolute atomic E-state index is 12.2. The van der Waals surface area contributed by atoms with E-state index in [1.807, 2.05) is 68.4 Å². The third-order valence-electron chi connectivity index (χ3n) is 24.6. The predicted octanol–water partition coefficient (Wildman–Crippen LogP) is 17.2. The summed E-state index contributed by atoms with van der Waals surface area (Å²) in [4.78, 5) is 95.2. The van der Waals surface area contributed by atoms with Gasteiger partial charge in [0.05, 0.1) is 0 Å². The standard InChI is InChI=1S/2C27H31ClN6O.C24H26N6O.C21H28N6O/c1-17-15-21(9-10-22(17)28)33-13-11-20(12-14-33)29-26-31-25(30-23-16-24(35)32-34(23)26)18-5-7-19(8-6-18)27(2,3)4;1-17-15-21(9-10-22(17)28)29-20-11-13-33(14-12-20)26-31-25(30-23-16-24(35)32-34(23)26)18-5-7-19(8-6-18)27(2,3)4;1-17-7-9-19(10-8-17)23-26-21-15-22(31)28-30(21)24(27-23)25-20-11-13-29(14-12-20)16-18-5-3-2-4-6-18;1-21(2,3)15-7-5-14(6-8-15)19-23-17-13-18(28)25-27(17)20(24-19)22-16-9-11-26(4)12-10-16/h5-10,15-16,20H,11-14H2,1-4H3,(H,32,35)(H,29,30,31);5-10,15-16,20,29H,11-14H2,1-4H3,(H,32,35);2-10,15,20H,11-14,16H2,1H3,(H,28,31)(H,25,26,27);5-8,13,16H,9-12H2,1-4H3,(H,25,28)(H,22,23,24). The molecule has 19 rings (SSSR count). The number of nitrogens with zero attached hydrogens (tertiary/aromatic N) is 16. The first-order valence-electron chi connectivity index (χ1n) is 44.7. The minimum atomic E-state index is -0.199. The molecule has 0 atom stereocenters. The molecule has 7 aromatic carbocycles. The Hall–Kier alpha value is -12.8. The lowest BCUT2D eigenvalue weighted by atomic mass is 9.86. The highest BCUT2D eigenvalue weighted by Crippen LogP contribution is 2.34. The Morgan fingerprint density at radius 2 is 0.698 bits per heavy atom. The van der Waals surface area contributed by atoms with Crippen molar-refractivity contribution in [3.63, 3.8) is 0 Å². The number of hydrogen-bond acceptors (Lipinski definition) is 20. The first-order valence-corrected chi connectivity index (χ1v) is 45.5. The Labute approximate surface area is 760 Å². The summed E-state index contributed by atoms with van der Waals surface area (Å²) in [6.45, 7) is 34.5. The number of likely N-dealkylation sites (tertiary alicyclic amines) is 2. The van der Waals surface area contributed by atoms with Crippen molar-refractivity contribution in [3.8, 4) is 45.6 Å². The minimum Gasteiger partial charge on any atom is -0.382 e. The van der Waals surface area contributed by atoms with Crippen molar-refractivity contribution >= 4 is 81.0 Å². The Balaban J connectivity index is 0.000000127. The highest BCUT2D eigenvalue weighted by atomic mass is 35.5. The van der Waals surface area contributed by atoms with Gasteiger partial charge in [-0.3, -0.25) is 44.5 Å². The van der Waals surface area contributed by atoms with Crippen LogP contribution in [0.2, 0.25) is 10.0 Å². The van der Waals surface area contributed by atoms with Crippen molar-refractivity contribution in [1.29, 1.82) is 0 Å². The van der Waals surface area contributed by atoms with E-state index < -0.39 is 0 Å². The van der Waals surface area contributed by atoms with E-state index in [1.165, 1.54) is 57.8 Å². The normalized spacial score (nSPS) is 15.5. The summed E-state index contributed by atoms with van der Waals surface area (Å²) < 4.78 is 6.64. The lowest BCUT2D eigenvalue weighted by molar-refractivity contribution is 0.211. The molecule has 4 aliphatic heterocycles. The first kappa shape index (κ1) is 89.6. The molecular formula is C99H116Cl2N24O4. The second-order valence-electron chi connectivity index (χ2n) is 37.7. The maximum Gasteiger partial charge on any atom is 0.266 e. The monoisotopic (exact) mass is 1770 g/mol. The van der Waals surface area contributed by atoms with Crippen molar-refractivity contribution in [2.45, 2.75) is 181 Å². The molecular weight excluding hydrogens is 1660 g/mol. The fourth-order valence-corrected chi connectivity index (χ4v) is 17.0. The van der Waals surface area contributed by atoms with Crippen LogP contribution in [0.25, 0.3) is 68.1 Å². The van der Waals surface area contributed by atoms with Crippen molar-refractivity contribution < 1.29 is 0 Å². The highest BCUT2D eigenvalue weighted by molar-refractivity contribution is 6.31. The zero-order valence-electron chi connectivity index (χ0n) is 75.8. The topological polar surface area (TPSA) is 313 Å². The Kier molecular flexibility index (Phi) is 26.6. The Morgan fingerprint density at radius 3 is 1.09 bits per heavy atom. The Bertz CT molecular complexity index is 6660. The number of hydrogen-bond donors (Lipinski definition) is 8. The molecule has 0 bridgehead atoms. The quantitative estimate of drug-likeness (QED) is 0.0446. The first-order chi connectivity index (χ1) is 61.8. The van der Waals surface area contributed by atoms with Crippen molar-refractivity contribution in [2.24, 2.45) is 0 Å². The molecule has 129 heavy (non-hydrogen) atoms. The van der Waals surface area contributed by atoms with Crippen molar-refractivity contribution in [3.05, 3.63) is 278 Å². The summed E-state index contributed by atoms with van der Waals surface area (Å²) in [5, 5.41) is 27.1. The summed E-state index contributed by atoms with van der Waals surface area (Å²) in [5.74, 6) is 5.04. The van der Waals surface area contributed by atoms with E-state index in [2.05, 4.69) is 267 Å². The van der Waals surface area contributed by atoms with Gasteiger partial charge in [-0.1, -0.05) is 218 Å². The van der Waals surface area contributed by atoms with Gasteiger partial charge in [0.15, 0.2) is 45.9 Å². The van der Waals surface area contributed by atoms with E-state index in [4.69, 9.17) is 43.1 Å². The summed E-state index contributed by atoms with van der Waals surface area (Å²) in [7, 11) is 2.14. The second-order valence-corrected chi connectivity index (χ2v) is 38.5. The molecule has 8 N–H and O–H groups in total. The molecule has 30 heteroatoms. The molecule has 0 unspecified atom stereocenters. The SMILES string of the molecule is CN1CCC(Nc2nc(-c3ccc(C(C)(C)C)cc3)nc3cc(=O)[nH]n23)CC1.Cc1cc(N2CCC(Nc3nc(-c4ccc(C(C)(C)C)cc4)nc4cc(=O)[nH]n34)CC2)ccc1Cl.Cc1cc(NC2CCN(c3nc(-c4ccc(C(C)(C)C)cc4)nc4cc(=O)[nH]n34)CC2)ccc1Cl.Cc1ccc(-c2nc(NC3CCN(Cc4ccccc4)CC3)n3[nH]c(=O)cc3n2)cc1. The molecule has 28 nitrogen and oxygen atoms in total. The van der Waals surface area contributed by atoms with Crippen molar-refractivity contribution in [1.82, 2.24) is 88.1 Å². The van der Waals surface area contributed by atoms with Gasteiger partial charge >= 0.3 is 0 Å². The number of piperidine rings is 4. The molecule has 4 aliphatic rings. The maximum atomic E-state index is 12.2. The molecule has 0 aliphatic carbocycles. The summed E-state index contributed by atoms with van der Waals surface area (Å²) in [6, 6.07) is 63.3. The number of aromatic nitrogens is 16. The Morgan fingerprint density at radius 1 is 0.357 bits per heavy atom. The summed E-state index contributed by atoms with van der Waals surface area (Å²) in [5.41, 5.74) is 16.2. The van der Waals surface area contributed by atoms with Gasteiger partial charge < -0.3 is 36.0 Å². The van der Waals surface area contributed by atoms with Gasteiger partial charge in [0.2, 0.25) is 23.8 Å². The van der Waals surface area contributed by atoms with Gasteiger partial charge in [-0.25, -0.2) is 38.0 Å². The average molecular weight is 1780 g/mol. The largest absolute Gasteiger partial charge is 0.382 e. The number of halogens is 2. The number of aromatic amines is 4. The van der Waals surface area contributed by atoms with E-state index in [-0.39, 0.29) is 44.5 Å². The van der Waals surface area contributed by atoms with Crippen molar-refractivity contribution in [2.75, 3.05) is 90.5 Å². The molecule has 0 amide bonds. The van der Waals surface area contributed by atoms with Gasteiger partial charge in [-0.05, 0) is 178 Å². The average Bonchev–Trinajstić information content (AvgIpc) is 1.68. The fourth-order valence-electron chi connectivity index (χ4n) is 16.8. The van der Waals surface area contributed by atoms with E-state index in [1.54, 1.807) is 18.1 Å². The van der Waals surface area contributed by atoms with Crippen LogP contribution in [0.1, 0.15) is 153 Å². The smallest absolute Gasteiger partial charge is 0.266 e.